The molecule has 2 amide bonds. The second kappa shape index (κ2) is 8.94. The molecule has 7 nitrogen and oxygen atoms in total. The molecular formula is C22H30ClN5O2. The third kappa shape index (κ3) is 4.05. The maximum Gasteiger partial charge on any atom is 0.253 e. The van der Waals surface area contributed by atoms with E-state index in [-0.39, 0.29) is 30.1 Å². The van der Waals surface area contributed by atoms with Gasteiger partial charge in [-0.05, 0) is 68.8 Å². The van der Waals surface area contributed by atoms with Crippen LogP contribution in [0.4, 0.5) is 0 Å². The highest BCUT2D eigenvalue weighted by Gasteiger charge is 2.35. The standard InChI is InChI=1S/C22H29N5O2.ClH/c28-21(15-3-4-20-19(10-15)13-24-25-20)27-7-1-2-18(14-27)22(29)26-8-5-16-11-23-12-17(16)6-9-26;/h3-4,10,13,16-18,23H,1-2,5-9,11-12,14H2,(H,24,25);1H/t16-,17+,18?;. The van der Waals surface area contributed by atoms with Gasteiger partial charge in [-0.2, -0.15) is 5.10 Å². The van der Waals surface area contributed by atoms with Crippen molar-refractivity contribution < 1.29 is 9.59 Å². The minimum Gasteiger partial charge on any atom is -0.342 e. The number of nitrogens with zero attached hydrogens (tertiary/aromatic N) is 3. The van der Waals surface area contributed by atoms with Crippen molar-refractivity contribution in [2.24, 2.45) is 17.8 Å². The number of rotatable bonds is 2. The minimum atomic E-state index is -0.0681. The van der Waals surface area contributed by atoms with Gasteiger partial charge < -0.3 is 15.1 Å². The molecule has 5 rings (SSSR count). The number of nitrogens with one attached hydrogen (secondary N) is 2. The van der Waals surface area contributed by atoms with Crippen molar-refractivity contribution in [3.8, 4) is 0 Å². The molecule has 3 fully saturated rings. The molecule has 1 aromatic heterocycles. The molecule has 3 aliphatic rings. The van der Waals surface area contributed by atoms with Crippen molar-refractivity contribution in [2.45, 2.75) is 25.7 Å². The van der Waals surface area contributed by atoms with Gasteiger partial charge in [0.15, 0.2) is 0 Å². The number of hydrogen-bond donors (Lipinski definition) is 2. The average molecular weight is 432 g/mol. The first-order chi connectivity index (χ1) is 14.2. The molecule has 30 heavy (non-hydrogen) atoms. The smallest absolute Gasteiger partial charge is 0.253 e. The van der Waals surface area contributed by atoms with E-state index in [4.69, 9.17) is 0 Å². The van der Waals surface area contributed by atoms with Gasteiger partial charge in [0.1, 0.15) is 0 Å². The summed E-state index contributed by atoms with van der Waals surface area (Å²) in [6.45, 7) is 5.18. The molecule has 1 unspecified atom stereocenters. The van der Waals surface area contributed by atoms with Crippen LogP contribution in [0.2, 0.25) is 0 Å². The lowest BCUT2D eigenvalue weighted by atomic mass is 9.92. The molecule has 3 aliphatic heterocycles. The third-order valence-electron chi connectivity index (χ3n) is 7.08. The van der Waals surface area contributed by atoms with E-state index in [2.05, 4.69) is 20.4 Å². The Kier molecular flexibility index (Phi) is 6.29. The molecule has 1 aromatic carbocycles. The number of halogens is 1. The number of H-pyrrole nitrogens is 1. The van der Waals surface area contributed by atoms with Crippen molar-refractivity contribution in [3.05, 3.63) is 30.0 Å². The van der Waals surface area contributed by atoms with Crippen molar-refractivity contribution in [1.82, 2.24) is 25.3 Å². The zero-order valence-electron chi connectivity index (χ0n) is 17.2. The molecule has 8 heteroatoms. The van der Waals surface area contributed by atoms with Gasteiger partial charge in [-0.15, -0.1) is 12.4 Å². The average Bonchev–Trinajstić information content (AvgIpc) is 3.37. The topological polar surface area (TPSA) is 81.3 Å². The fourth-order valence-corrected chi connectivity index (χ4v) is 5.32. The molecule has 3 atom stereocenters. The van der Waals surface area contributed by atoms with Gasteiger partial charge in [-0.25, -0.2) is 0 Å². The van der Waals surface area contributed by atoms with E-state index in [9.17, 15) is 9.59 Å². The van der Waals surface area contributed by atoms with E-state index < -0.39 is 0 Å². The van der Waals surface area contributed by atoms with Crippen LogP contribution in [0, 0.1) is 17.8 Å². The fourth-order valence-electron chi connectivity index (χ4n) is 5.32. The molecule has 162 valence electrons. The van der Waals surface area contributed by atoms with Gasteiger partial charge in [0, 0.05) is 37.1 Å². The zero-order valence-corrected chi connectivity index (χ0v) is 18.0. The molecule has 2 N–H and O–H groups in total. The Morgan fingerprint density at radius 3 is 2.53 bits per heavy atom. The number of aromatic amines is 1. The van der Waals surface area contributed by atoms with Crippen molar-refractivity contribution in [2.75, 3.05) is 39.3 Å². The predicted molar refractivity (Wildman–Crippen MR) is 118 cm³/mol. The van der Waals surface area contributed by atoms with E-state index in [0.717, 1.165) is 81.1 Å². The molecule has 0 saturated carbocycles. The number of piperidine rings is 1. The number of likely N-dealkylation sites (tertiary alicyclic amines) is 2. The van der Waals surface area contributed by atoms with Crippen LogP contribution in [0.25, 0.3) is 10.9 Å². The summed E-state index contributed by atoms with van der Waals surface area (Å²) in [5.74, 6) is 1.63. The molecule has 0 bridgehead atoms. The number of carbonyl (C=O) groups excluding carboxylic acids is 2. The third-order valence-corrected chi connectivity index (χ3v) is 7.08. The van der Waals surface area contributed by atoms with E-state index in [1.54, 1.807) is 6.20 Å². The predicted octanol–water partition coefficient (Wildman–Crippen LogP) is 2.29. The maximum absolute atomic E-state index is 13.2. The summed E-state index contributed by atoms with van der Waals surface area (Å²) < 4.78 is 0. The Hall–Kier alpha value is -2.12. The summed E-state index contributed by atoms with van der Waals surface area (Å²) in [4.78, 5) is 30.2. The summed E-state index contributed by atoms with van der Waals surface area (Å²) in [5.41, 5.74) is 1.59. The highest BCUT2D eigenvalue weighted by atomic mass is 35.5. The summed E-state index contributed by atoms with van der Waals surface area (Å²) in [6.07, 6.45) is 5.71. The van der Waals surface area contributed by atoms with Crippen LogP contribution in [0.3, 0.4) is 0 Å². The molecular weight excluding hydrogens is 402 g/mol. The highest BCUT2D eigenvalue weighted by molar-refractivity contribution is 5.98. The molecule has 2 aromatic rings. The Morgan fingerprint density at radius 1 is 1.00 bits per heavy atom. The number of carbonyl (C=O) groups is 2. The first-order valence-electron chi connectivity index (χ1n) is 10.9. The first-order valence-corrected chi connectivity index (χ1v) is 10.9. The molecule has 4 heterocycles. The lowest BCUT2D eigenvalue weighted by Gasteiger charge is -2.35. The lowest BCUT2D eigenvalue weighted by molar-refractivity contribution is -0.137. The van der Waals surface area contributed by atoms with Gasteiger partial charge in [-0.1, -0.05) is 0 Å². The second-order valence-electron chi connectivity index (χ2n) is 8.84. The minimum absolute atomic E-state index is 0. The van der Waals surface area contributed by atoms with E-state index in [0.29, 0.717) is 12.1 Å². The van der Waals surface area contributed by atoms with Crippen LogP contribution >= 0.6 is 12.4 Å². The van der Waals surface area contributed by atoms with Gasteiger partial charge in [0.05, 0.1) is 17.6 Å². The lowest BCUT2D eigenvalue weighted by Crippen LogP contribution is -2.47. The van der Waals surface area contributed by atoms with Crippen LogP contribution < -0.4 is 5.32 Å². The number of benzene rings is 1. The Morgan fingerprint density at radius 2 is 1.77 bits per heavy atom. The van der Waals surface area contributed by atoms with Crippen LogP contribution in [0.1, 0.15) is 36.0 Å². The quantitative estimate of drug-likeness (QED) is 0.764. The van der Waals surface area contributed by atoms with Gasteiger partial charge >= 0.3 is 0 Å². The number of aromatic nitrogens is 2. The number of fused-ring (bicyclic) bond motifs is 2. The maximum atomic E-state index is 13.2. The highest BCUT2D eigenvalue weighted by Crippen LogP contribution is 2.29. The summed E-state index contributed by atoms with van der Waals surface area (Å²) in [5, 5.41) is 11.4. The summed E-state index contributed by atoms with van der Waals surface area (Å²) in [7, 11) is 0. The molecule has 0 spiro atoms. The Balaban J connectivity index is 0.00000218. The van der Waals surface area contributed by atoms with Crippen LogP contribution in [0.5, 0.6) is 0 Å². The fraction of sp³-hybridized carbons (Fsp3) is 0.591. The van der Waals surface area contributed by atoms with Gasteiger partial charge in [-0.3, -0.25) is 14.7 Å². The number of hydrogen-bond acceptors (Lipinski definition) is 4. The van der Waals surface area contributed by atoms with Crippen LogP contribution in [-0.4, -0.2) is 71.1 Å². The normalized spacial score (nSPS) is 26.7. The van der Waals surface area contributed by atoms with Crippen molar-refractivity contribution in [1.29, 1.82) is 0 Å². The summed E-state index contributed by atoms with van der Waals surface area (Å²) >= 11 is 0. The van der Waals surface area contributed by atoms with E-state index in [1.807, 2.05) is 23.1 Å². The van der Waals surface area contributed by atoms with E-state index in [1.165, 1.54) is 0 Å². The van der Waals surface area contributed by atoms with Crippen molar-refractivity contribution in [3.63, 3.8) is 0 Å². The Bertz CT molecular complexity index is 902. The molecule has 3 saturated heterocycles. The Labute approximate surface area is 183 Å². The number of amides is 2. The zero-order chi connectivity index (χ0) is 19.8. The SMILES string of the molecule is Cl.O=C(c1ccc2[nH]ncc2c1)N1CCCC(C(=O)N2CC[C@@H]3CNC[C@@H]3CC2)C1. The molecule has 0 aliphatic carbocycles. The van der Waals surface area contributed by atoms with E-state index >= 15 is 0 Å². The van der Waals surface area contributed by atoms with Gasteiger partial charge in [0.2, 0.25) is 5.91 Å². The van der Waals surface area contributed by atoms with Crippen LogP contribution in [-0.2, 0) is 4.79 Å². The monoisotopic (exact) mass is 431 g/mol. The van der Waals surface area contributed by atoms with Gasteiger partial charge in [0.25, 0.3) is 5.91 Å². The molecule has 0 radical (unpaired) electrons. The second-order valence-corrected chi connectivity index (χ2v) is 8.84. The van der Waals surface area contributed by atoms with Crippen LogP contribution in [0.15, 0.2) is 24.4 Å². The first kappa shape index (κ1) is 21.1. The van der Waals surface area contributed by atoms with Crippen molar-refractivity contribution >= 4 is 35.1 Å². The largest absolute Gasteiger partial charge is 0.342 e. The summed E-state index contributed by atoms with van der Waals surface area (Å²) in [6, 6.07) is 5.62.